The van der Waals surface area contributed by atoms with E-state index in [1.165, 1.54) is 11.1 Å². The van der Waals surface area contributed by atoms with E-state index in [0.717, 1.165) is 27.2 Å². The highest BCUT2D eigenvalue weighted by Gasteiger charge is 2.33. The molecule has 0 saturated heterocycles. The van der Waals surface area contributed by atoms with Crippen LogP contribution in [0.1, 0.15) is 37.2 Å². The lowest BCUT2D eigenvalue weighted by Gasteiger charge is -2.33. The van der Waals surface area contributed by atoms with Crippen molar-refractivity contribution in [1.82, 2.24) is 9.97 Å². The second-order valence-electron chi connectivity index (χ2n) is 9.19. The number of hydrogen-bond acceptors (Lipinski definition) is 9. The summed E-state index contributed by atoms with van der Waals surface area (Å²) in [5.74, 6) is 1.39. The van der Waals surface area contributed by atoms with E-state index in [2.05, 4.69) is 39.9 Å². The molecule has 0 bridgehead atoms. The topological polar surface area (TPSA) is 106 Å². The Balaban J connectivity index is 1.50. The van der Waals surface area contributed by atoms with Crippen molar-refractivity contribution >= 4 is 47.8 Å². The third-order valence-electron chi connectivity index (χ3n) is 5.95. The smallest absolute Gasteiger partial charge is 0.262 e. The fraction of sp³-hybridized carbons (Fsp3) is 0.269. The Hall–Kier alpha value is -3.28. The first-order chi connectivity index (χ1) is 17.6. The van der Waals surface area contributed by atoms with Gasteiger partial charge in [0, 0.05) is 16.8 Å². The largest absolute Gasteiger partial charge is 0.494 e. The maximum atomic E-state index is 12.9. The van der Waals surface area contributed by atoms with Gasteiger partial charge < -0.3 is 10.1 Å². The fourth-order valence-corrected chi connectivity index (χ4v) is 8.22. The third-order valence-corrected chi connectivity index (χ3v) is 9.98. The summed E-state index contributed by atoms with van der Waals surface area (Å²) >= 11 is 0. The van der Waals surface area contributed by atoms with Gasteiger partial charge in [-0.1, -0.05) is 20.7 Å². The zero-order valence-corrected chi connectivity index (χ0v) is 23.6. The highest BCUT2D eigenvalue weighted by Crippen LogP contribution is 2.46. The zero-order valence-electron chi connectivity index (χ0n) is 21.1. The molecule has 0 saturated carbocycles. The maximum Gasteiger partial charge on any atom is 0.262 e. The zero-order chi connectivity index (χ0) is 26.4. The van der Waals surface area contributed by atoms with Crippen molar-refractivity contribution < 1.29 is 13.2 Å². The summed E-state index contributed by atoms with van der Waals surface area (Å²) in [4.78, 5) is 14.6. The third kappa shape index (κ3) is 4.98. The summed E-state index contributed by atoms with van der Waals surface area (Å²) in [5.41, 5.74) is 4.52. The first-order valence-electron chi connectivity index (χ1n) is 11.7. The lowest BCUT2D eigenvalue weighted by Crippen LogP contribution is -2.31. The number of benzene rings is 2. The van der Waals surface area contributed by atoms with E-state index in [4.69, 9.17) is 9.73 Å². The van der Waals surface area contributed by atoms with Gasteiger partial charge in [0.15, 0.2) is 0 Å². The van der Waals surface area contributed by atoms with E-state index in [9.17, 15) is 8.42 Å². The molecule has 37 heavy (non-hydrogen) atoms. The molecule has 11 heteroatoms. The molecule has 0 atom stereocenters. The molecule has 0 radical (unpaired) electrons. The van der Waals surface area contributed by atoms with Crippen molar-refractivity contribution in [2.24, 2.45) is 4.99 Å². The van der Waals surface area contributed by atoms with Gasteiger partial charge in [0.05, 0.1) is 45.2 Å². The van der Waals surface area contributed by atoms with Crippen LogP contribution in [0.2, 0.25) is 0 Å². The van der Waals surface area contributed by atoms with Gasteiger partial charge in [-0.2, -0.15) is 0 Å². The van der Waals surface area contributed by atoms with E-state index >= 15 is 0 Å². The van der Waals surface area contributed by atoms with Gasteiger partial charge in [-0.05, 0) is 77.1 Å². The average Bonchev–Trinajstić information content (AvgIpc) is 3.27. The van der Waals surface area contributed by atoms with E-state index in [1.807, 2.05) is 19.1 Å². The molecule has 0 unspecified atom stereocenters. The Bertz CT molecular complexity index is 1660. The SMILES string of the molecule is CCOc1ccc2c(c1)-c1c(ssc1=Nc1ccc(S(=O)(=O)Nc3cnc(C)nc3C)cc1)C(C)(C)N2. The molecule has 0 spiro atoms. The minimum Gasteiger partial charge on any atom is -0.494 e. The normalized spacial score (nSPS) is 14.5. The molecule has 2 N–H and O–H groups in total. The van der Waals surface area contributed by atoms with Crippen molar-refractivity contribution in [2.75, 3.05) is 16.6 Å². The Kier molecular flexibility index (Phi) is 6.55. The monoisotopic (exact) mass is 553 g/mol. The van der Waals surface area contributed by atoms with Crippen molar-refractivity contribution in [3.05, 3.63) is 69.7 Å². The van der Waals surface area contributed by atoms with Gasteiger partial charge in [-0.25, -0.2) is 23.4 Å². The van der Waals surface area contributed by atoms with Gasteiger partial charge in [0.1, 0.15) is 16.2 Å². The molecule has 4 aromatic rings. The van der Waals surface area contributed by atoms with Crippen LogP contribution in [0.4, 0.5) is 17.1 Å². The van der Waals surface area contributed by atoms with Crippen LogP contribution in [0, 0.1) is 13.8 Å². The highest BCUT2D eigenvalue weighted by molar-refractivity contribution is 7.92. The fourth-order valence-electron chi connectivity index (χ4n) is 4.18. The number of nitrogens with zero attached hydrogens (tertiary/aromatic N) is 3. The number of rotatable bonds is 6. The number of hydrogen-bond donors (Lipinski definition) is 2. The van der Waals surface area contributed by atoms with Crippen LogP contribution in [0.25, 0.3) is 11.1 Å². The minimum absolute atomic E-state index is 0.138. The summed E-state index contributed by atoms with van der Waals surface area (Å²) < 4.78 is 35.1. The van der Waals surface area contributed by atoms with E-state index in [-0.39, 0.29) is 10.4 Å². The predicted octanol–water partition coefficient (Wildman–Crippen LogP) is 5.98. The molecule has 0 aliphatic carbocycles. The van der Waals surface area contributed by atoms with Crippen LogP contribution < -0.4 is 19.4 Å². The number of nitrogens with one attached hydrogen (secondary N) is 2. The summed E-state index contributed by atoms with van der Waals surface area (Å²) in [6, 6.07) is 12.6. The second-order valence-corrected chi connectivity index (χ2v) is 13.0. The summed E-state index contributed by atoms with van der Waals surface area (Å²) in [7, 11) is -0.489. The number of fused-ring (bicyclic) bond motifs is 3. The van der Waals surface area contributed by atoms with Crippen LogP contribution in [0.5, 0.6) is 5.75 Å². The van der Waals surface area contributed by atoms with Gasteiger partial charge >= 0.3 is 0 Å². The van der Waals surface area contributed by atoms with Crippen LogP contribution in [0.3, 0.4) is 0 Å². The lowest BCUT2D eigenvalue weighted by molar-refractivity contribution is 0.340. The molecule has 3 heterocycles. The maximum absolute atomic E-state index is 12.9. The second kappa shape index (κ2) is 9.55. The summed E-state index contributed by atoms with van der Waals surface area (Å²) in [6.45, 7) is 10.4. The molecule has 2 aromatic carbocycles. The average molecular weight is 554 g/mol. The lowest BCUT2D eigenvalue weighted by atomic mass is 9.90. The first kappa shape index (κ1) is 25.4. The van der Waals surface area contributed by atoms with Gasteiger partial charge in [-0.15, -0.1) is 0 Å². The van der Waals surface area contributed by atoms with E-state index < -0.39 is 10.0 Å². The molecule has 2 aromatic heterocycles. The van der Waals surface area contributed by atoms with Crippen LogP contribution in [-0.4, -0.2) is 25.0 Å². The quantitative estimate of drug-likeness (QED) is 0.285. The summed E-state index contributed by atoms with van der Waals surface area (Å²) in [6.07, 6.45) is 1.48. The number of aryl methyl sites for hydroxylation is 2. The van der Waals surface area contributed by atoms with Gasteiger partial charge in [0.2, 0.25) is 0 Å². The molecule has 0 fully saturated rings. The van der Waals surface area contributed by atoms with Crippen molar-refractivity contribution in [1.29, 1.82) is 0 Å². The molecular formula is C26H27N5O3S3. The van der Waals surface area contributed by atoms with Crippen LogP contribution >= 0.6 is 20.7 Å². The Labute approximate surface area is 223 Å². The number of anilines is 2. The number of aromatic nitrogens is 2. The van der Waals surface area contributed by atoms with Gasteiger partial charge in [0.25, 0.3) is 10.0 Å². The highest BCUT2D eigenvalue weighted by atomic mass is 32.9. The number of ether oxygens (including phenoxy) is 1. The van der Waals surface area contributed by atoms with E-state index in [0.29, 0.717) is 29.5 Å². The van der Waals surface area contributed by atoms with Gasteiger partial charge in [-0.3, -0.25) is 4.72 Å². The van der Waals surface area contributed by atoms with E-state index in [1.54, 1.807) is 58.8 Å². The van der Waals surface area contributed by atoms with Crippen LogP contribution in [0.15, 0.2) is 58.5 Å². The van der Waals surface area contributed by atoms with Crippen LogP contribution in [-0.2, 0) is 15.6 Å². The molecule has 1 aliphatic heterocycles. The molecule has 0 amide bonds. The molecule has 5 rings (SSSR count). The Morgan fingerprint density at radius 1 is 1.11 bits per heavy atom. The first-order valence-corrected chi connectivity index (χ1v) is 15.4. The molecular weight excluding hydrogens is 527 g/mol. The van der Waals surface area contributed by atoms with Crippen molar-refractivity contribution in [3.8, 4) is 16.9 Å². The molecule has 8 nitrogen and oxygen atoms in total. The number of sulfonamides is 1. The van der Waals surface area contributed by atoms with Crippen molar-refractivity contribution in [3.63, 3.8) is 0 Å². The van der Waals surface area contributed by atoms with Crippen molar-refractivity contribution in [2.45, 2.75) is 45.1 Å². The predicted molar refractivity (Wildman–Crippen MR) is 149 cm³/mol. The Morgan fingerprint density at radius 3 is 2.57 bits per heavy atom. The minimum atomic E-state index is -3.80. The molecule has 1 aliphatic rings. The standard InChI is InChI=1S/C26H27N5O3S3/c1-6-34-18-9-12-21-20(13-18)23-24(26(4,5)30-21)35-36-25(23)29-17-7-10-19(11-8-17)37(32,33)31-22-14-27-16(3)28-15(22)2/h7-14,30-31H,6H2,1-5H3. The summed E-state index contributed by atoms with van der Waals surface area (Å²) in [5, 5.41) is 3.63. The Morgan fingerprint density at radius 2 is 1.86 bits per heavy atom. The molecule has 192 valence electrons.